The number of carbonyl (C=O) groups is 6. The maximum absolute atomic E-state index is 14.4. The molecule has 1 atom stereocenters. The third-order valence-electron chi connectivity index (χ3n) is 11.0. The van der Waals surface area contributed by atoms with Crippen LogP contribution in [0.1, 0.15) is 60.2 Å². The number of benzene rings is 4. The van der Waals surface area contributed by atoms with Gasteiger partial charge in [-0.3, -0.25) is 39.5 Å². The highest BCUT2D eigenvalue weighted by molar-refractivity contribution is 7.13. The van der Waals surface area contributed by atoms with E-state index >= 15 is 0 Å². The Kier molecular flexibility index (Phi) is 9.60. The number of piperazine rings is 1. The first kappa shape index (κ1) is 37.6. The van der Waals surface area contributed by atoms with Crippen LogP contribution in [-0.4, -0.2) is 98.2 Å². The Morgan fingerprint density at radius 3 is 2.34 bits per heavy atom. The van der Waals surface area contributed by atoms with Crippen molar-refractivity contribution in [2.75, 3.05) is 42.9 Å². The third kappa shape index (κ3) is 7.03. The number of nitrogens with one attached hydrogen (secondary N) is 2. The van der Waals surface area contributed by atoms with Gasteiger partial charge in [-0.15, -0.1) is 11.3 Å². The van der Waals surface area contributed by atoms with Crippen LogP contribution in [-0.2, 0) is 22.7 Å². The highest BCUT2D eigenvalue weighted by Crippen LogP contribution is 2.38. The zero-order chi connectivity index (χ0) is 40.9. The first-order chi connectivity index (χ1) is 28.5. The molecule has 1 unspecified atom stereocenters. The summed E-state index contributed by atoms with van der Waals surface area (Å²) in [5, 5.41) is 19.3. The minimum Gasteiger partial charge on any atom is -0.508 e. The number of hydrazine groups is 1. The molecule has 9 rings (SSSR count). The number of phenolic OH excluding ortho intramolecular Hbond substituents is 1. The monoisotopic (exact) mass is 814 g/mol. The number of hydrogen-bond donors (Lipinski definition) is 3. The van der Waals surface area contributed by atoms with Crippen LogP contribution >= 0.6 is 11.3 Å². The molecule has 3 N–H and O–H groups in total. The quantitative estimate of drug-likeness (QED) is 0.176. The van der Waals surface area contributed by atoms with Crippen molar-refractivity contribution in [1.82, 2.24) is 30.1 Å². The number of fused-ring (bicyclic) bond motifs is 2. The second-order valence-corrected chi connectivity index (χ2v) is 15.5. The highest BCUT2D eigenvalue weighted by atomic mass is 32.1. The molecule has 15 nitrogen and oxygen atoms in total. The van der Waals surface area contributed by atoms with Crippen LogP contribution in [0.4, 0.5) is 20.0 Å². The molecule has 298 valence electrons. The van der Waals surface area contributed by atoms with Crippen molar-refractivity contribution in [3.63, 3.8) is 0 Å². The molecule has 4 aliphatic rings. The van der Waals surface area contributed by atoms with Gasteiger partial charge >= 0.3 is 6.03 Å². The van der Waals surface area contributed by atoms with E-state index in [-0.39, 0.29) is 42.0 Å². The molecule has 0 spiro atoms. The number of thiazole rings is 1. The number of imide groups is 2. The fraction of sp³-hybridized carbons (Fsp3) is 0.214. The molecule has 5 aromatic rings. The first-order valence-electron chi connectivity index (χ1n) is 18.9. The van der Waals surface area contributed by atoms with E-state index in [0.29, 0.717) is 22.8 Å². The van der Waals surface area contributed by atoms with Crippen LogP contribution in [0.2, 0.25) is 0 Å². The lowest BCUT2D eigenvalue weighted by Crippen LogP contribution is -2.58. The number of carbonyl (C=O) groups excluding carboxylic acids is 6. The summed E-state index contributed by atoms with van der Waals surface area (Å²) in [5.41, 5.74) is 5.11. The maximum atomic E-state index is 14.4. The number of aromatic hydroxyl groups is 1. The molecule has 1 aromatic heterocycles. The lowest BCUT2D eigenvalue weighted by molar-refractivity contribution is -0.123. The first-order valence-corrected chi connectivity index (χ1v) is 19.7. The van der Waals surface area contributed by atoms with E-state index in [9.17, 15) is 38.3 Å². The lowest BCUT2D eigenvalue weighted by atomic mass is 10.00. The molecule has 59 heavy (non-hydrogen) atoms. The van der Waals surface area contributed by atoms with Crippen LogP contribution in [0.3, 0.4) is 0 Å². The number of halogens is 1. The number of rotatable bonds is 9. The zero-order valence-electron chi connectivity index (χ0n) is 31.3. The molecule has 0 saturated carbocycles. The second-order valence-electron chi connectivity index (χ2n) is 14.6. The Balaban J connectivity index is 0.842. The van der Waals surface area contributed by atoms with Crippen LogP contribution < -0.4 is 15.5 Å². The normalized spacial score (nSPS) is 17.3. The number of urea groups is 1. The van der Waals surface area contributed by atoms with Crippen LogP contribution in [0.15, 0.2) is 90.4 Å². The molecule has 7 amide bonds. The maximum Gasteiger partial charge on any atom is 0.343 e. The van der Waals surface area contributed by atoms with Crippen molar-refractivity contribution in [2.45, 2.75) is 25.6 Å². The summed E-state index contributed by atoms with van der Waals surface area (Å²) >= 11 is 1.19. The predicted octanol–water partition coefficient (Wildman–Crippen LogP) is 4.77. The van der Waals surface area contributed by atoms with Crippen molar-refractivity contribution in [2.24, 2.45) is 0 Å². The third-order valence-corrected chi connectivity index (χ3v) is 11.7. The van der Waals surface area contributed by atoms with E-state index in [4.69, 9.17) is 0 Å². The average Bonchev–Trinajstić information content (AvgIpc) is 3.93. The van der Waals surface area contributed by atoms with Gasteiger partial charge < -0.3 is 14.9 Å². The molecule has 4 aliphatic heterocycles. The number of nitrogens with zero attached hydrogens (tertiary/aromatic N) is 6. The van der Waals surface area contributed by atoms with Gasteiger partial charge in [-0.25, -0.2) is 19.2 Å². The Bertz CT molecular complexity index is 2560. The molecule has 0 bridgehead atoms. The van der Waals surface area contributed by atoms with E-state index < -0.39 is 47.4 Å². The Labute approximate surface area is 340 Å². The number of phenols is 1. The van der Waals surface area contributed by atoms with E-state index in [2.05, 4.69) is 25.4 Å². The van der Waals surface area contributed by atoms with Crippen LogP contribution in [0.5, 0.6) is 5.75 Å². The number of anilines is 2. The summed E-state index contributed by atoms with van der Waals surface area (Å²) in [6, 6.07) is 19.9. The SMILES string of the molecule is O=C1CCN(N2C(=O)c3ccc(CN4CCN(c5ccc(-c6ccc7c(c6)C(=O)N(C(C(=O)Nc6nccs6)c6cc(F)ccc6O)C7)cc5)CC4)cc3C2=O)C(=O)N1. The summed E-state index contributed by atoms with van der Waals surface area (Å²) in [6.07, 6.45) is 1.52. The van der Waals surface area contributed by atoms with Gasteiger partial charge in [0.2, 0.25) is 5.91 Å². The summed E-state index contributed by atoms with van der Waals surface area (Å²) in [7, 11) is 0. The molecule has 2 fully saturated rings. The predicted molar refractivity (Wildman–Crippen MR) is 213 cm³/mol. The Morgan fingerprint density at radius 2 is 1.59 bits per heavy atom. The van der Waals surface area contributed by atoms with Crippen LogP contribution in [0, 0.1) is 5.82 Å². The topological polar surface area (TPSA) is 176 Å². The smallest absolute Gasteiger partial charge is 0.343 e. The minimum atomic E-state index is -1.32. The Hall–Kier alpha value is -6.98. The zero-order valence-corrected chi connectivity index (χ0v) is 32.1. The van der Waals surface area contributed by atoms with Crippen molar-refractivity contribution in [1.29, 1.82) is 0 Å². The molecular weight excluding hydrogens is 780 g/mol. The van der Waals surface area contributed by atoms with E-state index in [1.54, 1.807) is 23.6 Å². The van der Waals surface area contributed by atoms with Gasteiger partial charge in [0, 0.05) is 74.1 Å². The average molecular weight is 815 g/mol. The molecule has 0 aliphatic carbocycles. The van der Waals surface area contributed by atoms with Gasteiger partial charge in [0.25, 0.3) is 23.6 Å². The minimum absolute atomic E-state index is 0.00894. The summed E-state index contributed by atoms with van der Waals surface area (Å²) in [6.45, 7) is 3.58. The van der Waals surface area contributed by atoms with Crippen molar-refractivity contribution < 1.29 is 38.3 Å². The second kappa shape index (κ2) is 15.1. The van der Waals surface area contributed by atoms with E-state index in [1.807, 2.05) is 42.5 Å². The van der Waals surface area contributed by atoms with Crippen molar-refractivity contribution >= 4 is 57.7 Å². The summed E-state index contributed by atoms with van der Waals surface area (Å²) in [5.74, 6) is -3.67. The fourth-order valence-corrected chi connectivity index (χ4v) is 8.52. The van der Waals surface area contributed by atoms with Crippen molar-refractivity contribution in [3.8, 4) is 16.9 Å². The molecule has 5 heterocycles. The van der Waals surface area contributed by atoms with Gasteiger partial charge in [-0.05, 0) is 70.8 Å². The summed E-state index contributed by atoms with van der Waals surface area (Å²) in [4.78, 5) is 87.8. The highest BCUT2D eigenvalue weighted by Gasteiger charge is 2.43. The van der Waals surface area contributed by atoms with Crippen molar-refractivity contribution in [3.05, 3.63) is 130 Å². The van der Waals surface area contributed by atoms with Crippen LogP contribution in [0.25, 0.3) is 11.1 Å². The lowest BCUT2D eigenvalue weighted by Gasteiger charge is -2.36. The standard InChI is InChI=1S/C42H35FN8O7S/c43-28-6-10-34(52)33(21-28)36(37(54)46-41-44-12-18-59-41)49-23-27-3-2-26(20-31(27)38(49)55)25-4-7-29(8-5-25)48-16-14-47(15-17-48)22-24-1-9-30-32(19-24)40(57)51(39(30)56)50-13-11-35(53)45-42(50)58/h1-10,12,18-21,36,52H,11,13-17,22-23H2,(H,44,46,54)(H,45,53,58). The van der Waals surface area contributed by atoms with Gasteiger partial charge in [-0.2, -0.15) is 5.01 Å². The fourth-order valence-electron chi connectivity index (χ4n) is 7.99. The molecule has 0 radical (unpaired) electrons. The summed E-state index contributed by atoms with van der Waals surface area (Å²) < 4.78 is 14.4. The molecule has 2 saturated heterocycles. The number of amides is 7. The number of aromatic nitrogens is 1. The largest absolute Gasteiger partial charge is 0.508 e. The van der Waals surface area contributed by atoms with Gasteiger partial charge in [0.05, 0.1) is 17.7 Å². The molecule has 4 aromatic carbocycles. The van der Waals surface area contributed by atoms with Gasteiger partial charge in [0.15, 0.2) is 5.13 Å². The number of hydrogen-bond acceptors (Lipinski definition) is 11. The Morgan fingerprint density at radius 1 is 0.831 bits per heavy atom. The van der Waals surface area contributed by atoms with E-state index in [1.165, 1.54) is 22.4 Å². The molecular formula is C42H35FN8O7S. The van der Waals surface area contributed by atoms with E-state index in [0.717, 1.165) is 76.8 Å². The molecule has 17 heteroatoms. The van der Waals surface area contributed by atoms with Gasteiger partial charge in [-0.1, -0.05) is 30.3 Å². The van der Waals surface area contributed by atoms with Gasteiger partial charge in [0.1, 0.15) is 17.6 Å².